The molecule has 12 heavy (non-hydrogen) atoms. The fourth-order valence-corrected chi connectivity index (χ4v) is 1.13. The third-order valence-corrected chi connectivity index (χ3v) is 1.72. The van der Waals surface area contributed by atoms with Gasteiger partial charge < -0.3 is 15.7 Å². The molecular weight excluding hydrogens is 160 g/mol. The summed E-state index contributed by atoms with van der Waals surface area (Å²) in [6.45, 7) is 3.50. The predicted octanol–water partition coefficient (Wildman–Crippen LogP) is -0.303. The van der Waals surface area contributed by atoms with E-state index < -0.39 is 12.1 Å². The average molecular weight is 170 g/mol. The molecule has 1 rings (SSSR count). The zero-order valence-electron chi connectivity index (χ0n) is 6.41. The molecule has 0 aromatic rings. The lowest BCUT2D eigenvalue weighted by Crippen LogP contribution is -2.39. The second-order valence-corrected chi connectivity index (χ2v) is 2.59. The van der Waals surface area contributed by atoms with E-state index in [1.54, 1.807) is 6.08 Å². The van der Waals surface area contributed by atoms with Gasteiger partial charge in [0.15, 0.2) is 0 Å². The normalized spacial score (nSPS) is 27.8. The summed E-state index contributed by atoms with van der Waals surface area (Å²) < 4.78 is 0. The molecule has 2 unspecified atom stereocenters. The van der Waals surface area contributed by atoms with Crippen molar-refractivity contribution in [3.05, 3.63) is 12.7 Å². The minimum Gasteiger partial charge on any atom is -0.465 e. The summed E-state index contributed by atoms with van der Waals surface area (Å²) in [5.41, 5.74) is 0. The van der Waals surface area contributed by atoms with Crippen LogP contribution in [0, 0.1) is 0 Å². The van der Waals surface area contributed by atoms with E-state index in [2.05, 4.69) is 17.2 Å². The Labute approximate surface area is 69.5 Å². The Bertz CT molecular complexity index is 227. The third-order valence-electron chi connectivity index (χ3n) is 1.72. The molecule has 3 N–H and O–H groups in total. The molecule has 1 aliphatic rings. The van der Waals surface area contributed by atoms with E-state index in [9.17, 15) is 9.59 Å². The van der Waals surface area contributed by atoms with Crippen LogP contribution >= 0.6 is 0 Å². The minimum absolute atomic E-state index is 0.116. The smallest absolute Gasteiger partial charge is 0.405 e. The Morgan fingerprint density at radius 2 is 2.50 bits per heavy atom. The van der Waals surface area contributed by atoms with Crippen molar-refractivity contribution in [2.45, 2.75) is 18.5 Å². The molecule has 1 aliphatic heterocycles. The van der Waals surface area contributed by atoms with Crippen LogP contribution in [0.25, 0.3) is 0 Å². The van der Waals surface area contributed by atoms with E-state index in [1.807, 2.05) is 0 Å². The van der Waals surface area contributed by atoms with E-state index in [-0.39, 0.29) is 11.9 Å². The summed E-state index contributed by atoms with van der Waals surface area (Å²) in [6, 6.07) is -0.750. The van der Waals surface area contributed by atoms with Crippen molar-refractivity contribution in [3.8, 4) is 0 Å². The first-order valence-electron chi connectivity index (χ1n) is 3.56. The maximum atomic E-state index is 11.0. The van der Waals surface area contributed by atoms with Crippen molar-refractivity contribution in [2.24, 2.45) is 0 Å². The van der Waals surface area contributed by atoms with Gasteiger partial charge in [0.2, 0.25) is 5.91 Å². The van der Waals surface area contributed by atoms with Gasteiger partial charge in [-0.25, -0.2) is 4.79 Å². The highest BCUT2D eigenvalue weighted by molar-refractivity contribution is 5.87. The third kappa shape index (κ3) is 1.75. The van der Waals surface area contributed by atoms with Gasteiger partial charge in [0, 0.05) is 12.5 Å². The Morgan fingerprint density at radius 1 is 1.83 bits per heavy atom. The van der Waals surface area contributed by atoms with Gasteiger partial charge in [0.1, 0.15) is 6.04 Å². The molecular formula is C7H10N2O3. The molecule has 0 saturated carbocycles. The summed E-state index contributed by atoms with van der Waals surface area (Å²) in [7, 11) is 0. The molecule has 5 heteroatoms. The number of rotatable bonds is 2. The first-order valence-corrected chi connectivity index (χ1v) is 3.56. The lowest BCUT2D eigenvalue weighted by Gasteiger charge is -2.04. The van der Waals surface area contributed by atoms with Gasteiger partial charge in [-0.15, -0.1) is 6.58 Å². The highest BCUT2D eigenvalue weighted by Gasteiger charge is 2.31. The fourth-order valence-electron chi connectivity index (χ4n) is 1.13. The SMILES string of the molecule is C=CC1CC(NC(=O)O)C(=O)N1. The summed E-state index contributed by atoms with van der Waals surface area (Å²) >= 11 is 0. The molecule has 2 amide bonds. The Kier molecular flexibility index (Phi) is 2.32. The summed E-state index contributed by atoms with van der Waals surface area (Å²) in [6.07, 6.45) is 0.843. The molecule has 2 atom stereocenters. The van der Waals surface area contributed by atoms with Crippen LogP contribution in [0.4, 0.5) is 4.79 Å². The molecule has 1 heterocycles. The van der Waals surface area contributed by atoms with Crippen LogP contribution < -0.4 is 10.6 Å². The van der Waals surface area contributed by atoms with Crippen LogP contribution in [-0.2, 0) is 4.79 Å². The van der Waals surface area contributed by atoms with Gasteiger partial charge in [-0.2, -0.15) is 0 Å². The van der Waals surface area contributed by atoms with Gasteiger partial charge in [-0.3, -0.25) is 4.79 Å². The number of carbonyl (C=O) groups is 2. The number of hydrogen-bond donors (Lipinski definition) is 3. The largest absolute Gasteiger partial charge is 0.465 e. The van der Waals surface area contributed by atoms with Crippen molar-refractivity contribution in [1.29, 1.82) is 0 Å². The van der Waals surface area contributed by atoms with Crippen LogP contribution in [-0.4, -0.2) is 29.2 Å². The summed E-state index contributed by atoms with van der Waals surface area (Å²) in [4.78, 5) is 21.2. The highest BCUT2D eigenvalue weighted by Crippen LogP contribution is 2.08. The summed E-state index contributed by atoms with van der Waals surface area (Å²) in [5, 5.41) is 13.0. The molecule has 0 bridgehead atoms. The topological polar surface area (TPSA) is 78.4 Å². The van der Waals surface area contributed by atoms with E-state index in [0.29, 0.717) is 6.42 Å². The molecule has 1 saturated heterocycles. The number of carboxylic acid groups (broad SMARTS) is 1. The predicted molar refractivity (Wildman–Crippen MR) is 41.7 cm³/mol. The molecule has 0 spiro atoms. The molecule has 0 aromatic carbocycles. The van der Waals surface area contributed by atoms with E-state index in [0.717, 1.165) is 0 Å². The monoisotopic (exact) mass is 170 g/mol. The standard InChI is InChI=1S/C7H10N2O3/c1-2-4-3-5(6(10)8-4)9-7(11)12/h2,4-5,9H,1,3H2,(H,8,10)(H,11,12). The molecule has 5 nitrogen and oxygen atoms in total. The number of nitrogens with one attached hydrogen (secondary N) is 2. The Hall–Kier alpha value is -1.52. The van der Waals surface area contributed by atoms with Gasteiger partial charge in [-0.1, -0.05) is 6.08 Å². The van der Waals surface area contributed by atoms with Crippen LogP contribution in [0.1, 0.15) is 6.42 Å². The summed E-state index contributed by atoms with van der Waals surface area (Å²) in [5.74, 6) is -0.290. The highest BCUT2D eigenvalue weighted by atomic mass is 16.4. The number of carbonyl (C=O) groups excluding carboxylic acids is 1. The average Bonchev–Trinajstić information content (AvgIpc) is 2.31. The van der Waals surface area contributed by atoms with Crippen molar-refractivity contribution in [1.82, 2.24) is 10.6 Å². The molecule has 1 fully saturated rings. The molecule has 66 valence electrons. The number of hydrogen-bond acceptors (Lipinski definition) is 2. The molecule has 0 radical (unpaired) electrons. The van der Waals surface area contributed by atoms with Crippen molar-refractivity contribution in [2.75, 3.05) is 0 Å². The van der Waals surface area contributed by atoms with E-state index in [4.69, 9.17) is 5.11 Å². The van der Waals surface area contributed by atoms with Crippen LogP contribution in [0.3, 0.4) is 0 Å². The van der Waals surface area contributed by atoms with E-state index in [1.165, 1.54) is 0 Å². The van der Waals surface area contributed by atoms with Gasteiger partial charge >= 0.3 is 6.09 Å². The lowest BCUT2D eigenvalue weighted by atomic mass is 10.2. The van der Waals surface area contributed by atoms with Crippen LogP contribution in [0.2, 0.25) is 0 Å². The van der Waals surface area contributed by atoms with Crippen LogP contribution in [0.5, 0.6) is 0 Å². The zero-order valence-corrected chi connectivity index (χ0v) is 6.41. The van der Waals surface area contributed by atoms with Gasteiger partial charge in [0.25, 0.3) is 0 Å². The zero-order chi connectivity index (χ0) is 9.14. The maximum absolute atomic E-state index is 11.0. The first kappa shape index (κ1) is 8.58. The van der Waals surface area contributed by atoms with Crippen molar-refractivity contribution in [3.63, 3.8) is 0 Å². The minimum atomic E-state index is -1.18. The number of amides is 2. The van der Waals surface area contributed by atoms with Crippen LogP contribution in [0.15, 0.2) is 12.7 Å². The quantitative estimate of drug-likeness (QED) is 0.498. The van der Waals surface area contributed by atoms with Crippen molar-refractivity contribution >= 4 is 12.0 Å². The first-order chi connectivity index (χ1) is 5.63. The van der Waals surface area contributed by atoms with E-state index >= 15 is 0 Å². The lowest BCUT2D eigenvalue weighted by molar-refractivity contribution is -0.120. The van der Waals surface area contributed by atoms with Gasteiger partial charge in [0.05, 0.1) is 0 Å². The van der Waals surface area contributed by atoms with Gasteiger partial charge in [-0.05, 0) is 0 Å². The Morgan fingerprint density at radius 3 is 2.92 bits per heavy atom. The molecule has 0 aliphatic carbocycles. The second kappa shape index (κ2) is 3.25. The van der Waals surface area contributed by atoms with Crippen molar-refractivity contribution < 1.29 is 14.7 Å². The second-order valence-electron chi connectivity index (χ2n) is 2.59. The Balaban J connectivity index is 2.51. The maximum Gasteiger partial charge on any atom is 0.405 e. The fraction of sp³-hybridized carbons (Fsp3) is 0.429. The molecule has 0 aromatic heterocycles.